The fraction of sp³-hybridized carbons (Fsp3) is 0.176. The van der Waals surface area contributed by atoms with Gasteiger partial charge in [0, 0.05) is 13.6 Å². The van der Waals surface area contributed by atoms with Crippen LogP contribution in [0.15, 0.2) is 56.9 Å². The zero-order valence-corrected chi connectivity index (χ0v) is 15.0. The molecule has 10 heteroatoms. The number of halogens is 1. The van der Waals surface area contributed by atoms with Crippen molar-refractivity contribution in [1.29, 1.82) is 0 Å². The molecule has 0 spiro atoms. The summed E-state index contributed by atoms with van der Waals surface area (Å²) in [5.74, 6) is -0.494. The van der Waals surface area contributed by atoms with Gasteiger partial charge in [-0.1, -0.05) is 12.1 Å². The summed E-state index contributed by atoms with van der Waals surface area (Å²) in [5.41, 5.74) is -1.19. The number of nitrogens with one attached hydrogen (secondary N) is 2. The number of aromatic amines is 2. The Bertz CT molecular complexity index is 1200. The molecule has 8 nitrogen and oxygen atoms in total. The molecule has 0 aliphatic carbocycles. The first kappa shape index (κ1) is 18.8. The molecule has 1 heterocycles. The molecule has 3 aromatic rings. The minimum atomic E-state index is -3.87. The van der Waals surface area contributed by atoms with Gasteiger partial charge in [-0.2, -0.15) is 4.31 Å². The number of ether oxygens (including phenoxy) is 1. The van der Waals surface area contributed by atoms with Crippen molar-refractivity contribution >= 4 is 21.1 Å². The molecule has 27 heavy (non-hydrogen) atoms. The average Bonchev–Trinajstić information content (AvgIpc) is 2.63. The Balaban J connectivity index is 1.77. The highest BCUT2D eigenvalue weighted by molar-refractivity contribution is 7.89. The second kappa shape index (κ2) is 7.33. The van der Waals surface area contributed by atoms with Crippen LogP contribution in [0.4, 0.5) is 4.39 Å². The number of hydrogen-bond acceptors (Lipinski definition) is 5. The second-order valence-corrected chi connectivity index (χ2v) is 7.77. The number of sulfonamides is 1. The van der Waals surface area contributed by atoms with Crippen LogP contribution >= 0.6 is 0 Å². The Morgan fingerprint density at radius 3 is 2.41 bits per heavy atom. The van der Waals surface area contributed by atoms with E-state index in [0.717, 1.165) is 4.31 Å². The fourth-order valence-corrected chi connectivity index (χ4v) is 3.58. The van der Waals surface area contributed by atoms with E-state index in [1.807, 2.05) is 0 Å². The summed E-state index contributed by atoms with van der Waals surface area (Å²) in [6.07, 6.45) is 0. The summed E-state index contributed by atoms with van der Waals surface area (Å²) in [7, 11) is -2.51. The molecule has 2 N–H and O–H groups in total. The third-order valence-corrected chi connectivity index (χ3v) is 5.76. The Labute approximate surface area is 153 Å². The number of fused-ring (bicyclic) bond motifs is 1. The molecule has 0 aliphatic rings. The fourth-order valence-electron chi connectivity index (χ4n) is 2.40. The van der Waals surface area contributed by atoms with Gasteiger partial charge in [-0.15, -0.1) is 0 Å². The van der Waals surface area contributed by atoms with E-state index < -0.39 is 27.0 Å². The molecule has 0 aliphatic heterocycles. The predicted octanol–water partition coefficient (Wildman–Crippen LogP) is 1.05. The summed E-state index contributed by atoms with van der Waals surface area (Å²) in [6, 6.07) is 9.80. The lowest BCUT2D eigenvalue weighted by molar-refractivity contribution is 0.275. The Morgan fingerprint density at radius 1 is 1.04 bits per heavy atom. The van der Waals surface area contributed by atoms with Gasteiger partial charge >= 0.3 is 11.1 Å². The third kappa shape index (κ3) is 3.91. The highest BCUT2D eigenvalue weighted by Gasteiger charge is 2.21. The van der Waals surface area contributed by atoms with Crippen LogP contribution in [-0.4, -0.2) is 42.9 Å². The van der Waals surface area contributed by atoms with Gasteiger partial charge in [-0.25, -0.2) is 12.8 Å². The Kier molecular flexibility index (Phi) is 5.10. The highest BCUT2D eigenvalue weighted by Crippen LogP contribution is 2.19. The summed E-state index contributed by atoms with van der Waals surface area (Å²) >= 11 is 0. The molecular formula is C17H16FN3O5S. The molecule has 0 saturated carbocycles. The van der Waals surface area contributed by atoms with Gasteiger partial charge in [0.25, 0.3) is 0 Å². The molecule has 0 atom stereocenters. The standard InChI is InChI=1S/C17H16FN3O5S/c1-21(8-9-26-15-5-3-2-4-12(15)18)27(24,25)11-6-7-13-14(10-11)20-17(23)16(22)19-13/h2-7,10H,8-9H2,1H3,(H,19,22)(H,20,23). The van der Waals surface area contributed by atoms with Crippen LogP contribution in [0.1, 0.15) is 0 Å². The molecule has 142 valence electrons. The van der Waals surface area contributed by atoms with E-state index in [2.05, 4.69) is 9.97 Å². The molecule has 0 unspecified atom stereocenters. The first-order chi connectivity index (χ1) is 12.8. The topological polar surface area (TPSA) is 112 Å². The van der Waals surface area contributed by atoms with Gasteiger partial charge in [0.05, 0.1) is 15.9 Å². The van der Waals surface area contributed by atoms with Crippen molar-refractivity contribution in [3.8, 4) is 5.75 Å². The maximum Gasteiger partial charge on any atom is 0.314 e. The summed E-state index contributed by atoms with van der Waals surface area (Å²) < 4.78 is 45.2. The number of likely N-dealkylation sites (N-methyl/N-ethyl adjacent to an activating group) is 1. The van der Waals surface area contributed by atoms with Gasteiger partial charge in [-0.3, -0.25) is 9.59 Å². The highest BCUT2D eigenvalue weighted by atomic mass is 32.2. The molecule has 0 saturated heterocycles. The van der Waals surface area contributed by atoms with Crippen molar-refractivity contribution < 1.29 is 17.5 Å². The molecule has 3 rings (SSSR count). The van der Waals surface area contributed by atoms with E-state index >= 15 is 0 Å². The maximum absolute atomic E-state index is 13.5. The van der Waals surface area contributed by atoms with Crippen LogP contribution in [0.2, 0.25) is 0 Å². The molecule has 0 bridgehead atoms. The lowest BCUT2D eigenvalue weighted by Crippen LogP contribution is -2.31. The molecular weight excluding hydrogens is 377 g/mol. The third-order valence-electron chi connectivity index (χ3n) is 3.90. The van der Waals surface area contributed by atoms with Crippen molar-refractivity contribution in [3.63, 3.8) is 0 Å². The van der Waals surface area contributed by atoms with E-state index in [9.17, 15) is 22.4 Å². The van der Waals surface area contributed by atoms with Crippen molar-refractivity contribution in [2.75, 3.05) is 20.2 Å². The van der Waals surface area contributed by atoms with Crippen LogP contribution in [0.5, 0.6) is 5.75 Å². The zero-order valence-electron chi connectivity index (χ0n) is 14.2. The Morgan fingerprint density at radius 2 is 1.70 bits per heavy atom. The predicted molar refractivity (Wildman–Crippen MR) is 96.9 cm³/mol. The van der Waals surface area contributed by atoms with Crippen molar-refractivity contribution in [1.82, 2.24) is 14.3 Å². The van der Waals surface area contributed by atoms with E-state index in [0.29, 0.717) is 5.52 Å². The largest absolute Gasteiger partial charge is 0.489 e. The van der Waals surface area contributed by atoms with Gasteiger partial charge in [0.1, 0.15) is 6.61 Å². The molecule has 1 aromatic heterocycles. The summed E-state index contributed by atoms with van der Waals surface area (Å²) in [6.45, 7) is -0.0642. The number of aromatic nitrogens is 2. The maximum atomic E-state index is 13.5. The van der Waals surface area contributed by atoms with Crippen LogP contribution in [0, 0.1) is 5.82 Å². The van der Waals surface area contributed by atoms with E-state index in [4.69, 9.17) is 4.74 Å². The monoisotopic (exact) mass is 393 g/mol. The van der Waals surface area contributed by atoms with Crippen molar-refractivity contribution in [2.45, 2.75) is 4.90 Å². The lowest BCUT2D eigenvalue weighted by atomic mass is 10.3. The van der Waals surface area contributed by atoms with Gasteiger partial charge in [-0.05, 0) is 30.3 Å². The summed E-state index contributed by atoms with van der Waals surface area (Å²) in [5, 5.41) is 0. The van der Waals surface area contributed by atoms with Crippen LogP contribution < -0.4 is 15.9 Å². The quantitative estimate of drug-likeness (QED) is 0.608. The first-order valence-corrected chi connectivity index (χ1v) is 9.33. The lowest BCUT2D eigenvalue weighted by Gasteiger charge is -2.18. The van der Waals surface area contributed by atoms with E-state index in [-0.39, 0.29) is 29.3 Å². The SMILES string of the molecule is CN(CCOc1ccccc1F)S(=O)(=O)c1ccc2[nH]c(=O)c(=O)[nH]c2c1. The zero-order chi connectivity index (χ0) is 19.6. The molecule has 2 aromatic carbocycles. The molecule has 0 amide bonds. The number of para-hydroxylation sites is 1. The minimum Gasteiger partial charge on any atom is -0.489 e. The van der Waals surface area contributed by atoms with E-state index in [1.54, 1.807) is 6.07 Å². The smallest absolute Gasteiger partial charge is 0.314 e. The van der Waals surface area contributed by atoms with Crippen LogP contribution in [0.25, 0.3) is 11.0 Å². The number of nitrogens with zero attached hydrogens (tertiary/aromatic N) is 1. The van der Waals surface area contributed by atoms with E-state index in [1.165, 1.54) is 43.4 Å². The molecule has 0 fully saturated rings. The average molecular weight is 393 g/mol. The second-order valence-electron chi connectivity index (χ2n) is 5.72. The normalized spacial score (nSPS) is 11.8. The van der Waals surface area contributed by atoms with Gasteiger partial charge in [0.2, 0.25) is 10.0 Å². The minimum absolute atomic E-state index is 0.0170. The summed E-state index contributed by atoms with van der Waals surface area (Å²) in [4.78, 5) is 27.4. The number of benzene rings is 2. The van der Waals surface area contributed by atoms with Gasteiger partial charge in [0.15, 0.2) is 11.6 Å². The van der Waals surface area contributed by atoms with Crippen molar-refractivity contribution in [2.24, 2.45) is 0 Å². The van der Waals surface area contributed by atoms with Crippen LogP contribution in [0.3, 0.4) is 0 Å². The first-order valence-electron chi connectivity index (χ1n) is 7.89. The number of hydrogen-bond donors (Lipinski definition) is 2. The van der Waals surface area contributed by atoms with Crippen LogP contribution in [-0.2, 0) is 10.0 Å². The van der Waals surface area contributed by atoms with Crippen molar-refractivity contribution in [3.05, 3.63) is 69.0 Å². The number of H-pyrrole nitrogens is 2. The Hall–Kier alpha value is -2.98. The van der Waals surface area contributed by atoms with Gasteiger partial charge < -0.3 is 14.7 Å². The molecule has 0 radical (unpaired) electrons. The number of rotatable bonds is 6.